The fourth-order valence-corrected chi connectivity index (χ4v) is 2.13. The molecule has 0 aliphatic heterocycles. The molecule has 1 rings (SSSR count). The van der Waals surface area contributed by atoms with Crippen LogP contribution in [0.15, 0.2) is 30.3 Å². The van der Waals surface area contributed by atoms with Crippen molar-refractivity contribution in [3.8, 4) is 0 Å². The summed E-state index contributed by atoms with van der Waals surface area (Å²) in [5.74, 6) is -1.15. The monoisotopic (exact) mass is 271 g/mol. The number of benzene rings is 1. The second-order valence-corrected chi connectivity index (χ2v) is 6.35. The molecular weight excluding hydrogens is 254 g/mol. The van der Waals surface area contributed by atoms with Crippen LogP contribution in [0.2, 0.25) is 0 Å². The molecule has 6 heteroatoms. The van der Waals surface area contributed by atoms with E-state index in [2.05, 4.69) is 5.32 Å². The molecule has 0 saturated carbocycles. The van der Waals surface area contributed by atoms with E-state index in [0.29, 0.717) is 6.42 Å². The van der Waals surface area contributed by atoms with E-state index in [0.717, 1.165) is 11.8 Å². The molecule has 18 heavy (non-hydrogen) atoms. The van der Waals surface area contributed by atoms with E-state index in [-0.39, 0.29) is 6.61 Å². The molecule has 0 unspecified atom stereocenters. The van der Waals surface area contributed by atoms with E-state index in [4.69, 9.17) is 0 Å². The maximum Gasteiger partial charge on any atom is 0.235 e. The van der Waals surface area contributed by atoms with Crippen LogP contribution in [0.5, 0.6) is 0 Å². The largest absolute Gasteiger partial charge is 0.394 e. The van der Waals surface area contributed by atoms with Crippen LogP contribution in [0.4, 0.5) is 0 Å². The molecule has 0 fully saturated rings. The van der Waals surface area contributed by atoms with E-state index in [1.807, 2.05) is 30.3 Å². The Bertz CT molecular complexity index is 484. The lowest BCUT2D eigenvalue weighted by molar-refractivity contribution is -0.119. The van der Waals surface area contributed by atoms with Crippen LogP contribution < -0.4 is 5.32 Å². The SMILES string of the molecule is CS(=O)(=O)CC(=O)N[C@@H](CO)Cc1ccccc1. The third-order valence-electron chi connectivity index (χ3n) is 2.30. The van der Waals surface area contributed by atoms with Gasteiger partial charge in [0.1, 0.15) is 5.75 Å². The zero-order chi connectivity index (χ0) is 13.6. The number of carbonyl (C=O) groups excluding carboxylic acids is 1. The lowest BCUT2D eigenvalue weighted by atomic mass is 10.1. The summed E-state index contributed by atoms with van der Waals surface area (Å²) in [7, 11) is -3.34. The standard InChI is InChI=1S/C12H17NO4S/c1-18(16,17)9-12(15)13-11(8-14)7-10-5-3-2-4-6-10/h2-6,11,14H,7-9H2,1H3,(H,13,15)/t11-/m1/s1. The number of carbonyl (C=O) groups is 1. The number of sulfone groups is 1. The summed E-state index contributed by atoms with van der Waals surface area (Å²) in [6.45, 7) is -0.232. The first-order valence-corrected chi connectivity index (χ1v) is 7.58. The lowest BCUT2D eigenvalue weighted by Crippen LogP contribution is -2.41. The third kappa shape index (κ3) is 5.79. The number of rotatable bonds is 6. The minimum Gasteiger partial charge on any atom is -0.394 e. The maximum absolute atomic E-state index is 11.4. The Balaban J connectivity index is 2.55. The summed E-state index contributed by atoms with van der Waals surface area (Å²) in [6.07, 6.45) is 1.46. The van der Waals surface area contributed by atoms with Crippen molar-refractivity contribution < 1.29 is 18.3 Å². The normalized spacial score (nSPS) is 13.0. The highest BCUT2D eigenvalue weighted by Gasteiger charge is 2.15. The van der Waals surface area contributed by atoms with Gasteiger partial charge in [0.2, 0.25) is 5.91 Å². The first-order chi connectivity index (χ1) is 8.40. The van der Waals surface area contributed by atoms with E-state index in [1.54, 1.807) is 0 Å². The highest BCUT2D eigenvalue weighted by atomic mass is 32.2. The quantitative estimate of drug-likeness (QED) is 0.747. The smallest absolute Gasteiger partial charge is 0.235 e. The Hall–Kier alpha value is -1.40. The Morgan fingerprint density at radius 1 is 1.33 bits per heavy atom. The van der Waals surface area contributed by atoms with E-state index in [1.165, 1.54) is 0 Å². The van der Waals surface area contributed by atoms with Crippen LogP contribution in [0.3, 0.4) is 0 Å². The Kier molecular flexibility index (Phi) is 5.30. The summed E-state index contributed by atoms with van der Waals surface area (Å²) in [4.78, 5) is 11.4. The summed E-state index contributed by atoms with van der Waals surface area (Å²) in [6, 6.07) is 8.89. The summed E-state index contributed by atoms with van der Waals surface area (Å²) < 4.78 is 21.9. The van der Waals surface area contributed by atoms with E-state index < -0.39 is 27.5 Å². The van der Waals surface area contributed by atoms with Crippen molar-refractivity contribution in [3.63, 3.8) is 0 Å². The van der Waals surface area contributed by atoms with Gasteiger partial charge in [-0.3, -0.25) is 4.79 Å². The number of aliphatic hydroxyl groups excluding tert-OH is 1. The second kappa shape index (κ2) is 6.51. The third-order valence-corrected chi connectivity index (χ3v) is 3.09. The molecule has 0 aliphatic carbocycles. The molecule has 5 nitrogen and oxygen atoms in total. The summed E-state index contributed by atoms with van der Waals surface area (Å²) >= 11 is 0. The molecule has 0 radical (unpaired) electrons. The van der Waals surface area contributed by atoms with Gasteiger partial charge in [-0.2, -0.15) is 0 Å². The first-order valence-electron chi connectivity index (χ1n) is 5.52. The van der Waals surface area contributed by atoms with Crippen LogP contribution in [-0.4, -0.2) is 44.1 Å². The van der Waals surface area contributed by atoms with Gasteiger partial charge in [0.05, 0.1) is 12.6 Å². The van der Waals surface area contributed by atoms with Gasteiger partial charge in [0.15, 0.2) is 9.84 Å². The number of hydrogen-bond donors (Lipinski definition) is 2. The summed E-state index contributed by atoms with van der Waals surface area (Å²) in [5.41, 5.74) is 0.969. The Labute approximate surface area is 107 Å². The predicted octanol–water partition coefficient (Wildman–Crippen LogP) is -0.249. The molecule has 0 saturated heterocycles. The number of nitrogens with one attached hydrogen (secondary N) is 1. The first kappa shape index (κ1) is 14.7. The zero-order valence-electron chi connectivity index (χ0n) is 10.2. The van der Waals surface area contributed by atoms with Crippen molar-refractivity contribution in [1.29, 1.82) is 0 Å². The van der Waals surface area contributed by atoms with Crippen LogP contribution in [0, 0.1) is 0 Å². The molecule has 0 heterocycles. The molecule has 100 valence electrons. The van der Waals surface area contributed by atoms with Crippen molar-refractivity contribution in [2.75, 3.05) is 18.6 Å². The topological polar surface area (TPSA) is 83.5 Å². The number of aliphatic hydroxyl groups is 1. The highest BCUT2D eigenvalue weighted by molar-refractivity contribution is 7.91. The van der Waals surface area contributed by atoms with Crippen molar-refractivity contribution in [1.82, 2.24) is 5.32 Å². The van der Waals surface area contributed by atoms with Crippen LogP contribution in [0.1, 0.15) is 5.56 Å². The molecule has 1 aromatic rings. The second-order valence-electron chi connectivity index (χ2n) is 4.21. The fraction of sp³-hybridized carbons (Fsp3) is 0.417. The molecule has 2 N–H and O–H groups in total. The Morgan fingerprint density at radius 2 is 1.94 bits per heavy atom. The van der Waals surface area contributed by atoms with Gasteiger partial charge in [-0.1, -0.05) is 30.3 Å². The number of amides is 1. The highest BCUT2D eigenvalue weighted by Crippen LogP contribution is 2.03. The minimum atomic E-state index is -3.34. The van der Waals surface area contributed by atoms with E-state index in [9.17, 15) is 18.3 Å². The predicted molar refractivity (Wildman–Crippen MR) is 68.9 cm³/mol. The van der Waals surface area contributed by atoms with Crippen molar-refractivity contribution in [2.24, 2.45) is 0 Å². The maximum atomic E-state index is 11.4. The molecule has 0 bridgehead atoms. The van der Waals surface area contributed by atoms with Gasteiger partial charge >= 0.3 is 0 Å². The summed E-state index contributed by atoms with van der Waals surface area (Å²) in [5, 5.41) is 11.7. The fourth-order valence-electron chi connectivity index (χ4n) is 1.57. The van der Waals surface area contributed by atoms with Gasteiger partial charge in [-0.15, -0.1) is 0 Å². The molecule has 1 aromatic carbocycles. The molecule has 0 aromatic heterocycles. The number of hydrogen-bond acceptors (Lipinski definition) is 4. The lowest BCUT2D eigenvalue weighted by Gasteiger charge is -2.16. The molecular formula is C12H17NO4S. The van der Waals surface area contributed by atoms with Gasteiger partial charge in [0.25, 0.3) is 0 Å². The van der Waals surface area contributed by atoms with Gasteiger partial charge in [-0.05, 0) is 12.0 Å². The van der Waals surface area contributed by atoms with Gasteiger partial charge < -0.3 is 10.4 Å². The van der Waals surface area contributed by atoms with Crippen LogP contribution in [0.25, 0.3) is 0 Å². The molecule has 0 aliphatic rings. The van der Waals surface area contributed by atoms with Gasteiger partial charge in [-0.25, -0.2) is 8.42 Å². The van der Waals surface area contributed by atoms with E-state index >= 15 is 0 Å². The molecule has 1 amide bonds. The van der Waals surface area contributed by atoms with Crippen LogP contribution in [-0.2, 0) is 21.1 Å². The minimum absolute atomic E-state index is 0.232. The zero-order valence-corrected chi connectivity index (χ0v) is 11.0. The van der Waals surface area contributed by atoms with Crippen LogP contribution >= 0.6 is 0 Å². The Morgan fingerprint density at radius 3 is 2.44 bits per heavy atom. The molecule has 1 atom stereocenters. The molecule has 0 spiro atoms. The van der Waals surface area contributed by atoms with Crippen molar-refractivity contribution in [3.05, 3.63) is 35.9 Å². The van der Waals surface area contributed by atoms with Crippen molar-refractivity contribution >= 4 is 15.7 Å². The average Bonchev–Trinajstić information content (AvgIpc) is 2.27. The van der Waals surface area contributed by atoms with Crippen molar-refractivity contribution in [2.45, 2.75) is 12.5 Å². The average molecular weight is 271 g/mol. The van der Waals surface area contributed by atoms with Gasteiger partial charge in [0, 0.05) is 6.26 Å².